The lowest BCUT2D eigenvalue weighted by Crippen LogP contribution is -2.33. The highest BCUT2D eigenvalue weighted by Gasteiger charge is 2.56. The zero-order valence-electron chi connectivity index (χ0n) is 20.3. The number of hydrogen-bond donors (Lipinski definition) is 1. The monoisotopic (exact) mass is 657 g/mol. The third-order valence-corrected chi connectivity index (χ3v) is 10.1. The minimum Gasteiger partial charge on any atom is -0.325 e. The van der Waals surface area contributed by atoms with E-state index in [1.54, 1.807) is 24.3 Å². The van der Waals surface area contributed by atoms with Gasteiger partial charge in [-0.2, -0.15) is 0 Å². The predicted molar refractivity (Wildman–Crippen MR) is 157 cm³/mol. The maximum Gasteiger partial charge on any atom is 0.308 e. The van der Waals surface area contributed by atoms with Gasteiger partial charge in [0.15, 0.2) is 0 Å². The highest BCUT2D eigenvalue weighted by atomic mass is 79.9. The Balaban J connectivity index is 1.41. The van der Waals surface area contributed by atoms with Crippen LogP contribution in [0.2, 0.25) is 5.02 Å². The Kier molecular flexibility index (Phi) is 7.16. The third-order valence-electron chi connectivity index (χ3n) is 6.77. The number of hydrogen-bond acceptors (Lipinski definition) is 6. The van der Waals surface area contributed by atoms with Crippen LogP contribution in [-0.2, 0) is 20.9 Å². The normalized spacial score (nSPS) is 19.9. The predicted octanol–water partition coefficient (Wildman–Crippen LogP) is 5.90. The first kappa shape index (κ1) is 26.9. The number of thiazole rings is 1. The maximum absolute atomic E-state index is 13.9. The summed E-state index contributed by atoms with van der Waals surface area (Å²) in [4.78, 5) is 55.2. The number of nitrogens with one attached hydrogen (secondary N) is 1. The fourth-order valence-corrected chi connectivity index (χ4v) is 8.35. The van der Waals surface area contributed by atoms with Gasteiger partial charge in [-0.15, -0.1) is 0 Å². The zero-order chi connectivity index (χ0) is 28.1. The molecule has 3 amide bonds. The van der Waals surface area contributed by atoms with E-state index in [4.69, 9.17) is 11.6 Å². The minimum absolute atomic E-state index is 0.305. The molecule has 12 heteroatoms. The second-order valence-corrected chi connectivity index (χ2v) is 12.7. The van der Waals surface area contributed by atoms with Gasteiger partial charge in [-0.3, -0.25) is 23.7 Å². The average Bonchev–Trinajstić information content (AvgIpc) is 3.36. The van der Waals surface area contributed by atoms with Crippen molar-refractivity contribution in [2.24, 2.45) is 5.92 Å². The first-order valence-electron chi connectivity index (χ1n) is 12.1. The minimum atomic E-state index is -0.805. The Morgan fingerprint density at radius 3 is 2.42 bits per heavy atom. The number of thioether (sulfide) groups is 1. The molecule has 6 rings (SSSR count). The number of nitrogens with zero attached hydrogens (tertiary/aromatic N) is 2. The summed E-state index contributed by atoms with van der Waals surface area (Å²) in [6, 6.07) is 19.2. The standard InChI is InChI=1S/C28H18BrClFN3O4S2/c29-15-3-1-2-14(12-15)21-22-23(26(37)34(25(22)36)19-10-4-16(30)5-11-19)39-27-24(21)40-28(38)33(27)13-20(35)32-18-8-6-17(31)7-9-18/h1-12,21-23H,13H2,(H,32,35)/t21-,22?,23?/m1/s1. The molecule has 1 aromatic heterocycles. The smallest absolute Gasteiger partial charge is 0.308 e. The lowest BCUT2D eigenvalue weighted by molar-refractivity contribution is -0.122. The fourth-order valence-electron chi connectivity index (χ4n) is 5.04. The number of carbonyl (C=O) groups is 3. The van der Waals surface area contributed by atoms with Crippen LogP contribution in [0, 0.1) is 11.7 Å². The quantitative estimate of drug-likeness (QED) is 0.270. The Labute approximate surface area is 249 Å². The molecule has 2 aliphatic heterocycles. The number of carbonyl (C=O) groups excluding carboxylic acids is 3. The van der Waals surface area contributed by atoms with Crippen molar-refractivity contribution < 1.29 is 18.8 Å². The van der Waals surface area contributed by atoms with E-state index in [2.05, 4.69) is 21.2 Å². The van der Waals surface area contributed by atoms with Crippen LogP contribution in [0.4, 0.5) is 15.8 Å². The zero-order valence-corrected chi connectivity index (χ0v) is 24.3. The number of aromatic nitrogens is 1. The Hall–Kier alpha value is -3.25. The number of halogens is 3. The van der Waals surface area contributed by atoms with Gasteiger partial charge in [0.1, 0.15) is 17.6 Å². The van der Waals surface area contributed by atoms with Gasteiger partial charge in [-0.25, -0.2) is 9.29 Å². The van der Waals surface area contributed by atoms with Gasteiger partial charge in [0.05, 0.1) is 16.6 Å². The van der Waals surface area contributed by atoms with Crippen LogP contribution in [0.3, 0.4) is 0 Å². The van der Waals surface area contributed by atoms with Crippen molar-refractivity contribution in [3.05, 3.63) is 108 Å². The van der Waals surface area contributed by atoms with Gasteiger partial charge < -0.3 is 5.32 Å². The summed E-state index contributed by atoms with van der Waals surface area (Å²) >= 11 is 11.6. The summed E-state index contributed by atoms with van der Waals surface area (Å²) in [6.07, 6.45) is 0. The Morgan fingerprint density at radius 1 is 1.00 bits per heavy atom. The van der Waals surface area contributed by atoms with Crippen molar-refractivity contribution in [2.75, 3.05) is 10.2 Å². The number of imide groups is 1. The van der Waals surface area contributed by atoms with Crippen LogP contribution in [0.5, 0.6) is 0 Å². The van der Waals surface area contributed by atoms with E-state index < -0.39 is 34.7 Å². The molecule has 2 aliphatic rings. The van der Waals surface area contributed by atoms with Crippen LogP contribution in [-0.4, -0.2) is 27.5 Å². The largest absolute Gasteiger partial charge is 0.325 e. The van der Waals surface area contributed by atoms with E-state index in [9.17, 15) is 23.6 Å². The maximum atomic E-state index is 13.9. The van der Waals surface area contributed by atoms with Gasteiger partial charge in [0.25, 0.3) is 0 Å². The molecule has 3 heterocycles. The molecule has 7 nitrogen and oxygen atoms in total. The summed E-state index contributed by atoms with van der Waals surface area (Å²) in [5.41, 5.74) is 1.58. The van der Waals surface area contributed by atoms with Crippen LogP contribution in [0.15, 0.2) is 87.1 Å². The molecule has 1 saturated heterocycles. The average molecular weight is 659 g/mol. The number of amides is 3. The molecule has 3 atom stereocenters. The van der Waals surface area contributed by atoms with Gasteiger partial charge in [0, 0.05) is 26.0 Å². The molecule has 0 saturated carbocycles. The van der Waals surface area contributed by atoms with E-state index in [-0.39, 0.29) is 17.3 Å². The van der Waals surface area contributed by atoms with Gasteiger partial charge in [0.2, 0.25) is 17.7 Å². The van der Waals surface area contributed by atoms with Crippen LogP contribution in [0.25, 0.3) is 0 Å². The Bertz CT molecular complexity index is 1720. The van der Waals surface area contributed by atoms with Crippen molar-refractivity contribution in [1.29, 1.82) is 0 Å². The number of fused-ring (bicyclic) bond motifs is 2. The van der Waals surface area contributed by atoms with E-state index >= 15 is 0 Å². The second kappa shape index (κ2) is 10.6. The summed E-state index contributed by atoms with van der Waals surface area (Å²) in [6.45, 7) is -0.305. The highest BCUT2D eigenvalue weighted by molar-refractivity contribution is 9.10. The lowest BCUT2D eigenvalue weighted by atomic mass is 9.83. The summed E-state index contributed by atoms with van der Waals surface area (Å²) in [5.74, 6) is -3.00. The molecule has 0 aliphatic carbocycles. The van der Waals surface area contributed by atoms with E-state index in [1.165, 1.54) is 33.7 Å². The molecule has 0 radical (unpaired) electrons. The number of rotatable bonds is 5. The second-order valence-electron chi connectivity index (χ2n) is 9.26. The van der Waals surface area contributed by atoms with Crippen LogP contribution >= 0.6 is 50.6 Å². The van der Waals surface area contributed by atoms with E-state index in [1.807, 2.05) is 24.3 Å². The molecule has 3 aromatic carbocycles. The first-order chi connectivity index (χ1) is 19.2. The summed E-state index contributed by atoms with van der Waals surface area (Å²) in [5, 5.41) is 2.82. The van der Waals surface area contributed by atoms with Crippen molar-refractivity contribution in [2.45, 2.75) is 22.7 Å². The van der Waals surface area contributed by atoms with E-state index in [0.717, 1.165) is 33.1 Å². The fraction of sp³-hybridized carbons (Fsp3) is 0.143. The van der Waals surface area contributed by atoms with Crippen molar-refractivity contribution >= 4 is 79.7 Å². The molecule has 2 unspecified atom stereocenters. The van der Waals surface area contributed by atoms with Gasteiger partial charge in [-0.1, -0.05) is 62.8 Å². The number of benzene rings is 3. The molecule has 40 heavy (non-hydrogen) atoms. The third kappa shape index (κ3) is 4.81. The summed E-state index contributed by atoms with van der Waals surface area (Å²) < 4.78 is 15.4. The van der Waals surface area contributed by atoms with Crippen LogP contribution in [0.1, 0.15) is 16.4 Å². The molecule has 4 aromatic rings. The van der Waals surface area contributed by atoms with E-state index in [0.29, 0.717) is 26.3 Å². The molecule has 1 fully saturated rings. The summed E-state index contributed by atoms with van der Waals surface area (Å²) in [7, 11) is 0. The van der Waals surface area contributed by atoms with Crippen molar-refractivity contribution in [1.82, 2.24) is 4.57 Å². The van der Waals surface area contributed by atoms with Crippen LogP contribution < -0.4 is 15.1 Å². The van der Waals surface area contributed by atoms with Gasteiger partial charge >= 0.3 is 4.87 Å². The highest BCUT2D eigenvalue weighted by Crippen LogP contribution is 2.54. The molecular formula is C28H18BrClFN3O4S2. The molecule has 1 N–H and O–H groups in total. The molecule has 0 spiro atoms. The molecule has 0 bridgehead atoms. The van der Waals surface area contributed by atoms with Crippen molar-refractivity contribution in [3.63, 3.8) is 0 Å². The molecule has 202 valence electrons. The van der Waals surface area contributed by atoms with Gasteiger partial charge in [-0.05, 0) is 66.2 Å². The molecular weight excluding hydrogens is 641 g/mol. The van der Waals surface area contributed by atoms with Crippen molar-refractivity contribution in [3.8, 4) is 0 Å². The number of anilines is 2. The topological polar surface area (TPSA) is 88.5 Å². The Morgan fingerprint density at radius 2 is 1.73 bits per heavy atom. The first-order valence-corrected chi connectivity index (χ1v) is 14.9. The SMILES string of the molecule is O=C(Cn1c2c(sc1=O)[C@H](c1cccc(Br)c1)C1C(=O)N(c3ccc(Cl)cc3)C(=O)C1S2)Nc1ccc(F)cc1. The lowest BCUT2D eigenvalue weighted by Gasteiger charge is -2.30.